The molecule has 7 nitrogen and oxygen atoms in total. The molecule has 0 spiro atoms. The zero-order valence-electron chi connectivity index (χ0n) is 13.9. The van der Waals surface area contributed by atoms with Crippen LogP contribution in [-0.4, -0.2) is 58.1 Å². The van der Waals surface area contributed by atoms with Gasteiger partial charge < -0.3 is 15.0 Å². The van der Waals surface area contributed by atoms with Crippen LogP contribution < -0.4 is 10.1 Å². The van der Waals surface area contributed by atoms with Crippen molar-refractivity contribution in [3.05, 3.63) is 35.7 Å². The van der Waals surface area contributed by atoms with Crippen LogP contribution in [0.5, 0.6) is 5.75 Å². The molecular formula is C16H19F2N5O2. The number of hydrogen-bond acceptors (Lipinski definition) is 5. The number of alkyl halides is 2. The van der Waals surface area contributed by atoms with Gasteiger partial charge in [0.15, 0.2) is 5.69 Å². The lowest BCUT2D eigenvalue weighted by Crippen LogP contribution is -2.52. The van der Waals surface area contributed by atoms with Crippen LogP contribution in [0.3, 0.4) is 0 Å². The average molecular weight is 351 g/mol. The largest absolute Gasteiger partial charge is 0.435 e. The van der Waals surface area contributed by atoms with Gasteiger partial charge in [-0.2, -0.15) is 8.78 Å². The molecule has 1 fully saturated rings. The number of halogens is 2. The molecule has 0 radical (unpaired) electrons. The molecule has 1 amide bonds. The molecule has 1 aliphatic heterocycles. The Morgan fingerprint density at radius 2 is 2.08 bits per heavy atom. The van der Waals surface area contributed by atoms with E-state index in [1.807, 2.05) is 6.92 Å². The minimum atomic E-state index is -2.87. The van der Waals surface area contributed by atoms with Gasteiger partial charge in [0.1, 0.15) is 5.75 Å². The zero-order chi connectivity index (χ0) is 18.0. The first-order valence-electron chi connectivity index (χ1n) is 7.96. The van der Waals surface area contributed by atoms with Crippen molar-refractivity contribution in [1.82, 2.24) is 25.2 Å². The van der Waals surface area contributed by atoms with E-state index in [0.29, 0.717) is 23.6 Å². The monoisotopic (exact) mass is 351 g/mol. The molecule has 1 aliphatic rings. The Hall–Kier alpha value is -2.55. The van der Waals surface area contributed by atoms with Gasteiger partial charge in [0, 0.05) is 25.7 Å². The number of aromatic nitrogens is 3. The van der Waals surface area contributed by atoms with E-state index in [1.54, 1.807) is 24.0 Å². The van der Waals surface area contributed by atoms with Gasteiger partial charge in [0.05, 0.1) is 11.4 Å². The van der Waals surface area contributed by atoms with Crippen molar-refractivity contribution < 1.29 is 18.3 Å². The van der Waals surface area contributed by atoms with Gasteiger partial charge in [-0.3, -0.25) is 4.79 Å². The molecule has 3 rings (SSSR count). The summed E-state index contributed by atoms with van der Waals surface area (Å²) in [6, 6.07) is 6.09. The van der Waals surface area contributed by atoms with E-state index in [2.05, 4.69) is 20.4 Å². The number of benzene rings is 1. The number of piperazine rings is 1. The number of carbonyl (C=O) groups excluding carboxylic acids is 1. The van der Waals surface area contributed by atoms with Gasteiger partial charge >= 0.3 is 6.61 Å². The average Bonchev–Trinajstić information content (AvgIpc) is 2.96. The van der Waals surface area contributed by atoms with Crippen LogP contribution in [0.2, 0.25) is 0 Å². The van der Waals surface area contributed by atoms with E-state index >= 15 is 0 Å². The molecule has 0 saturated carbocycles. The number of nitrogens with one attached hydrogen (secondary N) is 1. The Balaban J connectivity index is 1.82. The van der Waals surface area contributed by atoms with Gasteiger partial charge in [-0.1, -0.05) is 5.21 Å². The standard InChI is InChI=1S/C16H19F2N5O2/c1-10-9-19-7-8-22(10)15(24)14-11(2)23(21-20-14)12-3-5-13(6-4-12)25-16(17)18/h3-6,10,16,19H,7-9H2,1-2H3. The predicted octanol–water partition coefficient (Wildman–Crippen LogP) is 1.61. The Morgan fingerprint density at radius 1 is 1.36 bits per heavy atom. The van der Waals surface area contributed by atoms with Crippen molar-refractivity contribution in [3.8, 4) is 11.4 Å². The minimum absolute atomic E-state index is 0.0578. The SMILES string of the molecule is Cc1c(C(=O)N2CCNCC2C)nnn1-c1ccc(OC(F)F)cc1. The molecule has 2 heterocycles. The molecule has 1 saturated heterocycles. The minimum Gasteiger partial charge on any atom is -0.435 e. The van der Waals surface area contributed by atoms with Crippen molar-refractivity contribution in [2.75, 3.05) is 19.6 Å². The van der Waals surface area contributed by atoms with E-state index < -0.39 is 6.61 Å². The summed E-state index contributed by atoms with van der Waals surface area (Å²) in [5.74, 6) is -0.0992. The number of amides is 1. The number of hydrogen-bond donors (Lipinski definition) is 1. The van der Waals surface area contributed by atoms with Crippen molar-refractivity contribution in [3.63, 3.8) is 0 Å². The first kappa shape index (κ1) is 17.3. The smallest absolute Gasteiger partial charge is 0.387 e. The summed E-state index contributed by atoms with van der Waals surface area (Å²) in [5, 5.41) is 11.3. The maximum atomic E-state index is 12.7. The van der Waals surface area contributed by atoms with E-state index in [9.17, 15) is 13.6 Å². The lowest BCUT2D eigenvalue weighted by Gasteiger charge is -2.33. The first-order chi connectivity index (χ1) is 12.0. The number of nitrogens with zero attached hydrogens (tertiary/aromatic N) is 4. The van der Waals surface area contributed by atoms with Crippen LogP contribution >= 0.6 is 0 Å². The highest BCUT2D eigenvalue weighted by Crippen LogP contribution is 2.19. The third-order valence-corrected chi connectivity index (χ3v) is 4.17. The number of ether oxygens (including phenoxy) is 1. The fourth-order valence-electron chi connectivity index (χ4n) is 2.82. The fourth-order valence-corrected chi connectivity index (χ4v) is 2.82. The van der Waals surface area contributed by atoms with E-state index in [1.165, 1.54) is 16.8 Å². The zero-order valence-corrected chi connectivity index (χ0v) is 13.9. The van der Waals surface area contributed by atoms with Gasteiger partial charge in [-0.05, 0) is 38.1 Å². The summed E-state index contributed by atoms with van der Waals surface area (Å²) < 4.78 is 30.3. The van der Waals surface area contributed by atoms with Crippen molar-refractivity contribution in [1.29, 1.82) is 0 Å². The highest BCUT2D eigenvalue weighted by Gasteiger charge is 2.28. The molecule has 25 heavy (non-hydrogen) atoms. The Bertz CT molecular complexity index is 747. The lowest BCUT2D eigenvalue weighted by atomic mass is 10.2. The molecule has 1 unspecified atom stereocenters. The first-order valence-corrected chi connectivity index (χ1v) is 7.96. The molecular weight excluding hydrogens is 332 g/mol. The second-order valence-corrected chi connectivity index (χ2v) is 5.86. The summed E-state index contributed by atoms with van der Waals surface area (Å²) in [7, 11) is 0. The Labute approximate surface area is 143 Å². The molecule has 1 atom stereocenters. The third kappa shape index (κ3) is 3.60. The quantitative estimate of drug-likeness (QED) is 0.906. The topological polar surface area (TPSA) is 72.3 Å². The third-order valence-electron chi connectivity index (χ3n) is 4.17. The molecule has 2 aromatic rings. The van der Waals surface area contributed by atoms with E-state index in [0.717, 1.165) is 13.1 Å². The van der Waals surface area contributed by atoms with E-state index in [-0.39, 0.29) is 17.7 Å². The predicted molar refractivity (Wildman–Crippen MR) is 86.1 cm³/mol. The van der Waals surface area contributed by atoms with E-state index in [4.69, 9.17) is 0 Å². The van der Waals surface area contributed by atoms with Crippen LogP contribution in [0.15, 0.2) is 24.3 Å². The Morgan fingerprint density at radius 3 is 2.72 bits per heavy atom. The molecule has 9 heteroatoms. The van der Waals surface area contributed by atoms with Crippen molar-refractivity contribution >= 4 is 5.91 Å². The van der Waals surface area contributed by atoms with Crippen molar-refractivity contribution in [2.24, 2.45) is 0 Å². The summed E-state index contributed by atoms with van der Waals surface area (Å²) in [6.45, 7) is 2.96. The summed E-state index contributed by atoms with van der Waals surface area (Å²) in [4.78, 5) is 14.5. The van der Waals surface area contributed by atoms with Crippen LogP contribution in [0.25, 0.3) is 5.69 Å². The molecule has 0 bridgehead atoms. The van der Waals surface area contributed by atoms with Gasteiger partial charge in [0.2, 0.25) is 0 Å². The molecule has 134 valence electrons. The molecule has 1 N–H and O–H groups in total. The van der Waals surface area contributed by atoms with Crippen LogP contribution in [0, 0.1) is 6.92 Å². The van der Waals surface area contributed by atoms with Gasteiger partial charge in [-0.15, -0.1) is 5.10 Å². The maximum absolute atomic E-state index is 12.7. The second-order valence-electron chi connectivity index (χ2n) is 5.86. The summed E-state index contributed by atoms with van der Waals surface area (Å²) in [6.07, 6.45) is 0. The maximum Gasteiger partial charge on any atom is 0.387 e. The number of rotatable bonds is 4. The second kappa shape index (κ2) is 7.14. The highest BCUT2D eigenvalue weighted by molar-refractivity contribution is 5.93. The van der Waals surface area contributed by atoms with Crippen LogP contribution in [0.4, 0.5) is 8.78 Å². The highest BCUT2D eigenvalue weighted by atomic mass is 19.3. The van der Waals surface area contributed by atoms with Crippen molar-refractivity contribution in [2.45, 2.75) is 26.5 Å². The molecule has 1 aromatic heterocycles. The summed E-state index contributed by atoms with van der Waals surface area (Å²) in [5.41, 5.74) is 1.50. The van der Waals surface area contributed by atoms with Crippen LogP contribution in [-0.2, 0) is 0 Å². The van der Waals surface area contributed by atoms with Gasteiger partial charge in [0.25, 0.3) is 5.91 Å². The Kier molecular flexibility index (Phi) is 4.93. The fraction of sp³-hybridized carbons (Fsp3) is 0.438. The lowest BCUT2D eigenvalue weighted by molar-refractivity contribution is -0.0498. The molecule has 1 aromatic carbocycles. The summed E-state index contributed by atoms with van der Waals surface area (Å²) >= 11 is 0. The normalized spacial score (nSPS) is 17.8. The number of carbonyl (C=O) groups is 1. The van der Waals surface area contributed by atoms with Crippen LogP contribution in [0.1, 0.15) is 23.1 Å². The van der Waals surface area contributed by atoms with Gasteiger partial charge in [-0.25, -0.2) is 4.68 Å². The molecule has 0 aliphatic carbocycles.